The Morgan fingerprint density at radius 1 is 0.879 bits per heavy atom. The van der Waals surface area contributed by atoms with Crippen LogP contribution in [-0.2, 0) is 32.0 Å². The Hall–Kier alpha value is -1.74. The molecular weight excluding hydrogens is 456 g/mol. The van der Waals surface area contributed by atoms with Gasteiger partial charge in [0.2, 0.25) is 20.0 Å². The van der Waals surface area contributed by atoms with Gasteiger partial charge in [-0.3, -0.25) is 0 Å². The number of nitrogens with zero attached hydrogens (tertiary/aromatic N) is 2. The summed E-state index contributed by atoms with van der Waals surface area (Å²) in [6.07, 6.45) is 2.37. The molecule has 1 aliphatic rings. The first-order chi connectivity index (χ1) is 15.4. The van der Waals surface area contributed by atoms with Gasteiger partial charge >= 0.3 is 0 Å². The van der Waals surface area contributed by atoms with Gasteiger partial charge in [0.15, 0.2) is 0 Å². The van der Waals surface area contributed by atoms with Crippen molar-refractivity contribution in [2.45, 2.75) is 81.7 Å². The van der Waals surface area contributed by atoms with Crippen molar-refractivity contribution in [2.75, 3.05) is 13.1 Å². The number of hydrogen-bond donors (Lipinski definition) is 0. The predicted molar refractivity (Wildman–Crippen MR) is 132 cm³/mol. The molecule has 182 valence electrons. The Bertz CT molecular complexity index is 1140. The van der Waals surface area contributed by atoms with Crippen molar-refractivity contribution in [1.82, 2.24) is 8.61 Å². The van der Waals surface area contributed by atoms with E-state index in [1.165, 1.54) is 38.4 Å². The highest BCUT2D eigenvalue weighted by Gasteiger charge is 2.31. The van der Waals surface area contributed by atoms with E-state index >= 15 is 0 Å². The molecule has 1 saturated heterocycles. The van der Waals surface area contributed by atoms with Gasteiger partial charge in [0.05, 0.1) is 9.79 Å². The molecule has 6 nitrogen and oxygen atoms in total. The normalized spacial score (nSPS) is 16.9. The maximum atomic E-state index is 13.5. The van der Waals surface area contributed by atoms with Crippen molar-refractivity contribution < 1.29 is 16.8 Å². The summed E-state index contributed by atoms with van der Waals surface area (Å²) in [5.74, 6) is 0. The molecule has 0 N–H and O–H groups in total. The van der Waals surface area contributed by atoms with Crippen LogP contribution >= 0.6 is 0 Å². The lowest BCUT2D eigenvalue weighted by Gasteiger charge is -2.28. The van der Waals surface area contributed by atoms with E-state index in [1.807, 2.05) is 26.0 Å². The van der Waals surface area contributed by atoms with E-state index in [-0.39, 0.29) is 27.8 Å². The van der Waals surface area contributed by atoms with Crippen molar-refractivity contribution in [3.05, 3.63) is 59.7 Å². The third-order valence-electron chi connectivity index (χ3n) is 6.37. The van der Waals surface area contributed by atoms with Crippen LogP contribution in [0.15, 0.2) is 58.3 Å². The molecule has 0 radical (unpaired) electrons. The molecule has 0 spiro atoms. The topological polar surface area (TPSA) is 74.8 Å². The van der Waals surface area contributed by atoms with Crippen molar-refractivity contribution in [3.63, 3.8) is 0 Å². The van der Waals surface area contributed by atoms with Crippen molar-refractivity contribution in [2.24, 2.45) is 0 Å². The fourth-order valence-electron chi connectivity index (χ4n) is 3.97. The monoisotopic (exact) mass is 492 g/mol. The molecule has 0 unspecified atom stereocenters. The summed E-state index contributed by atoms with van der Waals surface area (Å²) in [5, 5.41) is 0. The fourth-order valence-corrected chi connectivity index (χ4v) is 7.18. The molecule has 0 aromatic heterocycles. The second-order valence-electron chi connectivity index (χ2n) is 9.84. The van der Waals surface area contributed by atoms with Crippen molar-refractivity contribution in [3.8, 4) is 0 Å². The first kappa shape index (κ1) is 25.9. The summed E-state index contributed by atoms with van der Waals surface area (Å²) in [5.41, 5.74) is 2.14. The summed E-state index contributed by atoms with van der Waals surface area (Å²) in [6, 6.07) is 13.5. The maximum absolute atomic E-state index is 13.5. The third kappa shape index (κ3) is 5.67. The molecule has 0 bridgehead atoms. The lowest BCUT2D eigenvalue weighted by atomic mass is 9.87. The van der Waals surface area contributed by atoms with Gasteiger partial charge in [0.25, 0.3) is 0 Å². The summed E-state index contributed by atoms with van der Waals surface area (Å²) < 4.78 is 55.6. The highest BCUT2D eigenvalue weighted by molar-refractivity contribution is 7.89. The van der Waals surface area contributed by atoms with E-state index in [4.69, 9.17) is 0 Å². The molecule has 2 aromatic rings. The van der Waals surface area contributed by atoms with Crippen LogP contribution in [0.2, 0.25) is 0 Å². The molecule has 0 amide bonds. The van der Waals surface area contributed by atoms with Crippen LogP contribution < -0.4 is 0 Å². The Labute approximate surface area is 199 Å². The molecule has 1 heterocycles. The zero-order valence-corrected chi connectivity index (χ0v) is 21.9. The molecule has 3 rings (SSSR count). The second-order valence-corrected chi connectivity index (χ2v) is 13.7. The zero-order valence-electron chi connectivity index (χ0n) is 20.3. The second kappa shape index (κ2) is 9.86. The first-order valence-corrected chi connectivity index (χ1v) is 14.5. The quantitative estimate of drug-likeness (QED) is 0.533. The summed E-state index contributed by atoms with van der Waals surface area (Å²) in [4.78, 5) is 0.241. The Kier molecular flexibility index (Phi) is 7.73. The Morgan fingerprint density at radius 2 is 1.39 bits per heavy atom. The molecule has 0 saturated carbocycles. The summed E-state index contributed by atoms with van der Waals surface area (Å²) in [7, 11) is -7.39. The SMILES string of the molecule is CC[C@H](C)N(Cc1ccc(C(C)(C)C)cc1)S(=O)(=O)c1ccc(S(=O)(=O)N2CCCC2)cc1. The number of hydrogen-bond acceptors (Lipinski definition) is 4. The molecule has 1 fully saturated rings. The minimum atomic E-state index is -3.81. The minimum absolute atomic E-state index is 0.0259. The standard InChI is InChI=1S/C25H36N2O4S2/c1-6-20(2)27(19-21-9-11-22(12-10-21)25(3,4)5)33(30,31)24-15-13-23(14-16-24)32(28,29)26-17-7-8-18-26/h9-16,20H,6-8,17-19H2,1-5H3/t20-/m0/s1. The van der Waals surface area contributed by atoms with E-state index in [1.54, 1.807) is 0 Å². The van der Waals surface area contributed by atoms with Crippen LogP contribution in [0.3, 0.4) is 0 Å². The van der Waals surface area contributed by atoms with Crippen LogP contribution in [0, 0.1) is 0 Å². The highest BCUT2D eigenvalue weighted by atomic mass is 32.2. The highest BCUT2D eigenvalue weighted by Crippen LogP contribution is 2.27. The van der Waals surface area contributed by atoms with Gasteiger partial charge in [0, 0.05) is 25.7 Å². The number of benzene rings is 2. The first-order valence-electron chi connectivity index (χ1n) is 11.6. The largest absolute Gasteiger partial charge is 0.243 e. The molecule has 0 aliphatic carbocycles. The van der Waals surface area contributed by atoms with Crippen LogP contribution in [0.5, 0.6) is 0 Å². The smallest absolute Gasteiger partial charge is 0.207 e. The average Bonchev–Trinajstić information content (AvgIpc) is 3.32. The molecular formula is C25H36N2O4S2. The minimum Gasteiger partial charge on any atom is -0.207 e. The third-order valence-corrected chi connectivity index (χ3v) is 10.3. The van der Waals surface area contributed by atoms with Gasteiger partial charge in [0.1, 0.15) is 0 Å². The van der Waals surface area contributed by atoms with Crippen molar-refractivity contribution in [1.29, 1.82) is 0 Å². The van der Waals surface area contributed by atoms with Gasteiger partial charge in [-0.15, -0.1) is 0 Å². The van der Waals surface area contributed by atoms with Crippen molar-refractivity contribution >= 4 is 20.0 Å². The zero-order chi connectivity index (χ0) is 24.4. The number of rotatable bonds is 8. The Morgan fingerprint density at radius 3 is 1.88 bits per heavy atom. The van der Waals surface area contributed by atoms with E-state index in [0.717, 1.165) is 18.4 Å². The van der Waals surface area contributed by atoms with Crippen LogP contribution in [0.4, 0.5) is 0 Å². The van der Waals surface area contributed by atoms with Gasteiger partial charge < -0.3 is 0 Å². The molecule has 8 heteroatoms. The van der Waals surface area contributed by atoms with Crippen LogP contribution in [-0.4, -0.2) is 44.6 Å². The van der Waals surface area contributed by atoms with E-state index < -0.39 is 20.0 Å². The van der Waals surface area contributed by atoms with Crippen LogP contribution in [0.1, 0.15) is 65.0 Å². The van der Waals surface area contributed by atoms with Gasteiger partial charge in [-0.05, 0) is 67.0 Å². The maximum Gasteiger partial charge on any atom is 0.243 e. The fraction of sp³-hybridized carbons (Fsp3) is 0.520. The van der Waals surface area contributed by atoms with Gasteiger partial charge in [-0.1, -0.05) is 52.0 Å². The van der Waals surface area contributed by atoms with E-state index in [9.17, 15) is 16.8 Å². The number of sulfonamides is 2. The Balaban J connectivity index is 1.88. The molecule has 33 heavy (non-hydrogen) atoms. The summed E-state index contributed by atoms with van der Waals surface area (Å²) in [6.45, 7) is 11.6. The summed E-state index contributed by atoms with van der Waals surface area (Å²) >= 11 is 0. The van der Waals surface area contributed by atoms with Crippen LogP contribution in [0.25, 0.3) is 0 Å². The molecule has 1 atom stereocenters. The lowest BCUT2D eigenvalue weighted by Crippen LogP contribution is -2.37. The molecule has 1 aliphatic heterocycles. The van der Waals surface area contributed by atoms with Gasteiger partial charge in [-0.2, -0.15) is 8.61 Å². The molecule has 2 aromatic carbocycles. The predicted octanol–water partition coefficient (Wildman–Crippen LogP) is 4.76. The lowest BCUT2D eigenvalue weighted by molar-refractivity contribution is 0.323. The average molecular weight is 493 g/mol. The van der Waals surface area contributed by atoms with E-state index in [2.05, 4.69) is 32.9 Å². The van der Waals surface area contributed by atoms with Gasteiger partial charge in [-0.25, -0.2) is 16.8 Å². The van der Waals surface area contributed by atoms with E-state index in [0.29, 0.717) is 19.5 Å².